The molecule has 0 fully saturated rings. The Labute approximate surface area is 98.7 Å². The number of aliphatic hydroxyl groups is 1. The number of ether oxygens (including phenoxy) is 1. The first-order valence-corrected chi connectivity index (χ1v) is 5.33. The molecule has 0 aliphatic heterocycles. The van der Waals surface area contributed by atoms with E-state index in [1.54, 1.807) is 0 Å². The Morgan fingerprint density at radius 2 is 2.24 bits per heavy atom. The van der Waals surface area contributed by atoms with Crippen molar-refractivity contribution in [1.82, 2.24) is 0 Å². The minimum Gasteiger partial charge on any atom is -0.479 e. The van der Waals surface area contributed by atoms with E-state index in [1.807, 2.05) is 0 Å². The number of hydrogen-bond donors (Lipinski definition) is 2. The second-order valence-electron chi connectivity index (χ2n) is 3.68. The van der Waals surface area contributed by atoms with Gasteiger partial charge in [0.05, 0.1) is 0 Å². The van der Waals surface area contributed by atoms with E-state index in [-0.39, 0.29) is 12.4 Å². The molecule has 0 radical (unpaired) electrons. The van der Waals surface area contributed by atoms with Crippen molar-refractivity contribution in [3.05, 3.63) is 29.6 Å². The molecule has 0 aliphatic carbocycles. The zero-order valence-electron chi connectivity index (χ0n) is 9.52. The number of aryl methyl sites for hydroxylation is 1. The van der Waals surface area contributed by atoms with Gasteiger partial charge in [-0.2, -0.15) is 0 Å². The van der Waals surface area contributed by atoms with Gasteiger partial charge in [-0.1, -0.05) is 0 Å². The lowest BCUT2D eigenvalue weighted by molar-refractivity contribution is -0.144. The van der Waals surface area contributed by atoms with Crippen LogP contribution in [0.15, 0.2) is 18.2 Å². The van der Waals surface area contributed by atoms with E-state index in [9.17, 15) is 9.18 Å². The van der Waals surface area contributed by atoms with Crippen LogP contribution in [0.4, 0.5) is 4.39 Å². The van der Waals surface area contributed by atoms with Gasteiger partial charge >= 0.3 is 5.97 Å². The molecule has 1 unspecified atom stereocenters. The molecule has 0 aromatic heterocycles. The molecule has 0 amide bonds. The van der Waals surface area contributed by atoms with Crippen LogP contribution < -0.4 is 4.74 Å². The number of carbonyl (C=O) groups is 1. The van der Waals surface area contributed by atoms with Crippen molar-refractivity contribution in [3.8, 4) is 5.75 Å². The Balaban J connectivity index is 2.77. The summed E-state index contributed by atoms with van der Waals surface area (Å²) in [5.74, 6) is -1.14. The molecular weight excluding hydrogens is 227 g/mol. The van der Waals surface area contributed by atoms with E-state index >= 15 is 0 Å². The molecule has 0 spiro atoms. The van der Waals surface area contributed by atoms with Gasteiger partial charge in [0.25, 0.3) is 0 Å². The Bertz CT molecular complexity index is 392. The summed E-state index contributed by atoms with van der Waals surface area (Å²) in [6.45, 7) is 1.38. The molecule has 1 aromatic rings. The van der Waals surface area contributed by atoms with Crippen LogP contribution in [0.1, 0.15) is 18.9 Å². The summed E-state index contributed by atoms with van der Waals surface area (Å²) < 4.78 is 18.5. The van der Waals surface area contributed by atoms with Gasteiger partial charge in [-0.3, -0.25) is 0 Å². The fraction of sp³-hybridized carbons (Fsp3) is 0.417. The average Bonchev–Trinajstić information content (AvgIpc) is 2.29. The van der Waals surface area contributed by atoms with Gasteiger partial charge in [0, 0.05) is 6.61 Å². The van der Waals surface area contributed by atoms with Gasteiger partial charge in [-0.25, -0.2) is 9.18 Å². The first kappa shape index (κ1) is 13.4. The highest BCUT2D eigenvalue weighted by Gasteiger charge is 2.13. The maximum absolute atomic E-state index is 13.3. The maximum Gasteiger partial charge on any atom is 0.344 e. The van der Waals surface area contributed by atoms with Crippen molar-refractivity contribution in [2.45, 2.75) is 25.9 Å². The zero-order chi connectivity index (χ0) is 12.8. The quantitative estimate of drug-likeness (QED) is 0.795. The van der Waals surface area contributed by atoms with Gasteiger partial charge in [-0.05, 0) is 43.5 Å². The van der Waals surface area contributed by atoms with E-state index < -0.39 is 12.1 Å². The minimum atomic E-state index is -1.08. The lowest BCUT2D eigenvalue weighted by atomic mass is 10.1. The second-order valence-corrected chi connectivity index (χ2v) is 3.68. The van der Waals surface area contributed by atoms with Crippen LogP contribution in [0.5, 0.6) is 5.75 Å². The number of halogens is 1. The minimum absolute atomic E-state index is 0.0178. The number of benzene rings is 1. The number of carboxylic acid groups (broad SMARTS) is 1. The fourth-order valence-corrected chi connectivity index (χ4v) is 1.34. The monoisotopic (exact) mass is 242 g/mol. The van der Waals surface area contributed by atoms with E-state index in [0.717, 1.165) is 0 Å². The summed E-state index contributed by atoms with van der Waals surface area (Å²) in [5.41, 5.74) is 0.411. The Kier molecular flexibility index (Phi) is 4.90. The smallest absolute Gasteiger partial charge is 0.344 e. The average molecular weight is 242 g/mol. The van der Waals surface area contributed by atoms with Crippen LogP contribution in [0.25, 0.3) is 0 Å². The first-order valence-electron chi connectivity index (χ1n) is 5.33. The molecule has 0 bridgehead atoms. The van der Waals surface area contributed by atoms with E-state index in [0.29, 0.717) is 24.2 Å². The van der Waals surface area contributed by atoms with Crippen LogP contribution in [0.2, 0.25) is 0 Å². The molecule has 5 heteroatoms. The van der Waals surface area contributed by atoms with Crippen molar-refractivity contribution >= 4 is 5.97 Å². The summed E-state index contributed by atoms with van der Waals surface area (Å²) >= 11 is 0. The maximum atomic E-state index is 13.3. The molecule has 1 rings (SSSR count). The molecular formula is C12H15FO4. The highest BCUT2D eigenvalue weighted by atomic mass is 19.1. The Morgan fingerprint density at radius 3 is 2.82 bits per heavy atom. The van der Waals surface area contributed by atoms with E-state index in [4.69, 9.17) is 14.9 Å². The van der Waals surface area contributed by atoms with Crippen LogP contribution in [0.3, 0.4) is 0 Å². The normalized spacial score (nSPS) is 12.2. The third-order valence-corrected chi connectivity index (χ3v) is 2.28. The first-order chi connectivity index (χ1) is 8.04. The van der Waals surface area contributed by atoms with Crippen molar-refractivity contribution in [2.75, 3.05) is 6.61 Å². The number of rotatable bonds is 6. The number of carboxylic acids is 1. The van der Waals surface area contributed by atoms with Crippen LogP contribution in [-0.2, 0) is 11.2 Å². The second kappa shape index (κ2) is 6.20. The van der Waals surface area contributed by atoms with Gasteiger partial charge < -0.3 is 14.9 Å². The summed E-state index contributed by atoms with van der Waals surface area (Å²) in [6.07, 6.45) is -0.137. The number of aliphatic carboxylic acids is 1. The van der Waals surface area contributed by atoms with Gasteiger partial charge in [0.2, 0.25) is 0 Å². The molecule has 0 aliphatic rings. The third-order valence-electron chi connectivity index (χ3n) is 2.28. The Hall–Kier alpha value is -1.62. The third kappa shape index (κ3) is 4.03. The fourth-order valence-electron chi connectivity index (χ4n) is 1.34. The van der Waals surface area contributed by atoms with Crippen LogP contribution in [-0.4, -0.2) is 28.9 Å². The van der Waals surface area contributed by atoms with Crippen molar-refractivity contribution in [1.29, 1.82) is 0 Å². The van der Waals surface area contributed by atoms with Crippen LogP contribution in [0, 0.1) is 5.82 Å². The largest absolute Gasteiger partial charge is 0.479 e. The van der Waals surface area contributed by atoms with Crippen molar-refractivity contribution in [2.24, 2.45) is 0 Å². The predicted molar refractivity (Wildman–Crippen MR) is 59.5 cm³/mol. The molecule has 0 saturated carbocycles. The summed E-state index contributed by atoms with van der Waals surface area (Å²) in [7, 11) is 0. The van der Waals surface area contributed by atoms with Gasteiger partial charge in [-0.15, -0.1) is 0 Å². The molecule has 1 atom stereocenters. The molecule has 1 aromatic carbocycles. The molecule has 17 heavy (non-hydrogen) atoms. The Morgan fingerprint density at radius 1 is 1.53 bits per heavy atom. The summed E-state index contributed by atoms with van der Waals surface area (Å²) in [6, 6.07) is 4.08. The molecule has 0 heterocycles. The van der Waals surface area contributed by atoms with Gasteiger partial charge in [0.15, 0.2) is 6.10 Å². The number of hydrogen-bond acceptors (Lipinski definition) is 3. The van der Waals surface area contributed by atoms with E-state index in [2.05, 4.69) is 0 Å². The number of aliphatic hydroxyl groups excluding tert-OH is 1. The highest BCUT2D eigenvalue weighted by Crippen LogP contribution is 2.19. The van der Waals surface area contributed by atoms with E-state index in [1.165, 1.54) is 25.1 Å². The SMILES string of the molecule is CC(Oc1ccc(F)c(CCCO)c1)C(=O)O. The molecule has 0 saturated heterocycles. The lowest BCUT2D eigenvalue weighted by Gasteiger charge is -2.11. The van der Waals surface area contributed by atoms with Gasteiger partial charge in [0.1, 0.15) is 11.6 Å². The topological polar surface area (TPSA) is 66.8 Å². The lowest BCUT2D eigenvalue weighted by Crippen LogP contribution is -2.22. The standard InChI is InChI=1S/C12H15FO4/c1-8(12(15)16)17-10-4-5-11(13)9(7-10)3-2-6-14/h4-5,7-8,14H,2-3,6H2,1H3,(H,15,16). The molecule has 4 nitrogen and oxygen atoms in total. The molecule has 94 valence electrons. The predicted octanol–water partition coefficient (Wildman–Crippen LogP) is 1.60. The summed E-state index contributed by atoms with van der Waals surface area (Å²) in [5, 5.41) is 17.4. The molecule has 2 N–H and O–H groups in total. The zero-order valence-corrected chi connectivity index (χ0v) is 9.52. The van der Waals surface area contributed by atoms with Crippen LogP contribution >= 0.6 is 0 Å². The van der Waals surface area contributed by atoms with Crippen molar-refractivity contribution in [3.63, 3.8) is 0 Å². The van der Waals surface area contributed by atoms with Crippen molar-refractivity contribution < 1.29 is 24.1 Å². The highest BCUT2D eigenvalue weighted by molar-refractivity contribution is 5.72. The summed E-state index contributed by atoms with van der Waals surface area (Å²) in [4.78, 5) is 10.6.